The van der Waals surface area contributed by atoms with Crippen molar-refractivity contribution in [3.8, 4) is 23.1 Å². The van der Waals surface area contributed by atoms with Gasteiger partial charge in [0, 0.05) is 17.0 Å². The molecule has 0 radical (unpaired) electrons. The van der Waals surface area contributed by atoms with E-state index in [-0.39, 0.29) is 24.8 Å². The normalized spacial score (nSPS) is 12.5. The molecule has 0 atom stereocenters. The third-order valence-electron chi connectivity index (χ3n) is 5.62. The summed E-state index contributed by atoms with van der Waals surface area (Å²) >= 11 is 0. The van der Waals surface area contributed by atoms with Crippen LogP contribution in [-0.4, -0.2) is 29.8 Å². The van der Waals surface area contributed by atoms with Crippen molar-refractivity contribution in [3.63, 3.8) is 0 Å². The second-order valence-electron chi connectivity index (χ2n) is 7.68. The van der Waals surface area contributed by atoms with E-state index in [1.807, 2.05) is 60.7 Å². The van der Waals surface area contributed by atoms with Crippen LogP contribution < -0.4 is 19.8 Å². The number of aromatic hydroxyl groups is 1. The van der Waals surface area contributed by atoms with E-state index in [4.69, 9.17) is 14.2 Å². The number of aliphatic imine (C=N–C) groups is 1. The van der Waals surface area contributed by atoms with E-state index in [1.165, 1.54) is 4.57 Å². The van der Waals surface area contributed by atoms with Gasteiger partial charge in [0.25, 0.3) is 5.56 Å². The number of aromatic nitrogens is 1. The predicted molar refractivity (Wildman–Crippen MR) is 126 cm³/mol. The lowest BCUT2D eigenvalue weighted by Crippen LogP contribution is -2.22. The Kier molecular flexibility index (Phi) is 5.44. The number of pyridine rings is 1. The van der Waals surface area contributed by atoms with Crippen LogP contribution in [0.15, 0.2) is 76.5 Å². The van der Waals surface area contributed by atoms with Gasteiger partial charge in [-0.3, -0.25) is 14.4 Å². The summed E-state index contributed by atoms with van der Waals surface area (Å²) in [7, 11) is 1.60. The topological polar surface area (TPSA) is 82.3 Å². The van der Waals surface area contributed by atoms with Crippen LogP contribution in [0.1, 0.15) is 16.7 Å². The van der Waals surface area contributed by atoms with Gasteiger partial charge in [-0.05, 0) is 41.5 Å². The van der Waals surface area contributed by atoms with Crippen LogP contribution in [-0.2, 0) is 13.1 Å². The maximum Gasteiger partial charge on any atom is 0.261 e. The minimum absolute atomic E-state index is 0.121. The Labute approximate surface area is 190 Å². The molecule has 2 heterocycles. The van der Waals surface area contributed by atoms with Gasteiger partial charge < -0.3 is 19.3 Å². The molecule has 3 aromatic carbocycles. The smallest absolute Gasteiger partial charge is 0.261 e. The fraction of sp³-hybridized carbons (Fsp3) is 0.154. The molecule has 5 rings (SSSR count). The van der Waals surface area contributed by atoms with Crippen molar-refractivity contribution in [2.75, 3.05) is 13.9 Å². The first-order valence-electron chi connectivity index (χ1n) is 10.5. The van der Waals surface area contributed by atoms with Gasteiger partial charge in [0.1, 0.15) is 5.75 Å². The molecule has 0 saturated heterocycles. The Bertz CT molecular complexity index is 1410. The highest BCUT2D eigenvalue weighted by Crippen LogP contribution is 2.32. The molecule has 4 aromatic rings. The number of fused-ring (bicyclic) bond motifs is 2. The largest absolute Gasteiger partial charge is 0.497 e. The second-order valence-corrected chi connectivity index (χ2v) is 7.68. The predicted octanol–water partition coefficient (Wildman–Crippen LogP) is 4.11. The number of nitrogens with zero attached hydrogens (tertiary/aromatic N) is 2. The first-order valence-corrected chi connectivity index (χ1v) is 10.5. The molecule has 33 heavy (non-hydrogen) atoms. The van der Waals surface area contributed by atoms with Crippen LogP contribution in [0.4, 0.5) is 0 Å². The van der Waals surface area contributed by atoms with Crippen LogP contribution in [0, 0.1) is 0 Å². The molecule has 7 nitrogen and oxygen atoms in total. The lowest BCUT2D eigenvalue weighted by molar-refractivity contribution is 0.174. The molecule has 0 unspecified atom stereocenters. The van der Waals surface area contributed by atoms with Crippen molar-refractivity contribution in [1.82, 2.24) is 4.57 Å². The Hall–Kier alpha value is -4.26. The van der Waals surface area contributed by atoms with E-state index >= 15 is 0 Å². The first kappa shape index (κ1) is 20.6. The van der Waals surface area contributed by atoms with Crippen LogP contribution in [0.3, 0.4) is 0 Å². The maximum absolute atomic E-state index is 13.1. The molecule has 0 aliphatic carbocycles. The van der Waals surface area contributed by atoms with Gasteiger partial charge in [-0.25, -0.2) is 0 Å². The summed E-state index contributed by atoms with van der Waals surface area (Å²) < 4.78 is 17.3. The van der Waals surface area contributed by atoms with Crippen LogP contribution in [0.2, 0.25) is 0 Å². The minimum Gasteiger partial charge on any atom is -0.497 e. The Balaban J connectivity index is 1.50. The standard InChI is InChI=1S/C26H22N2O5/c1-31-19-9-6-17(7-10-19)15-28-25(29)21-5-3-2-4-20(21)22(26(28)30)14-27-13-18-8-11-23-24(12-18)33-16-32-23/h2-12,14,30H,13,15-16H2,1H3. The Morgan fingerprint density at radius 1 is 1.00 bits per heavy atom. The van der Waals surface area contributed by atoms with E-state index in [9.17, 15) is 9.90 Å². The molecule has 1 aromatic heterocycles. The molecule has 1 N–H and O–H groups in total. The molecule has 1 aliphatic rings. The van der Waals surface area contributed by atoms with E-state index in [0.29, 0.717) is 28.6 Å². The van der Waals surface area contributed by atoms with Gasteiger partial charge >= 0.3 is 0 Å². The van der Waals surface area contributed by atoms with E-state index in [1.54, 1.807) is 19.4 Å². The fourth-order valence-corrected chi connectivity index (χ4v) is 3.88. The summed E-state index contributed by atoms with van der Waals surface area (Å²) in [5, 5.41) is 12.2. The van der Waals surface area contributed by atoms with Crippen molar-refractivity contribution in [2.45, 2.75) is 13.1 Å². The van der Waals surface area contributed by atoms with Gasteiger partial charge in [-0.2, -0.15) is 0 Å². The van der Waals surface area contributed by atoms with Crippen LogP contribution in [0.5, 0.6) is 23.1 Å². The third-order valence-corrected chi connectivity index (χ3v) is 5.62. The quantitative estimate of drug-likeness (QED) is 0.455. The van der Waals surface area contributed by atoms with Crippen LogP contribution >= 0.6 is 0 Å². The monoisotopic (exact) mass is 442 g/mol. The summed E-state index contributed by atoms with van der Waals surface area (Å²) in [6.07, 6.45) is 1.62. The summed E-state index contributed by atoms with van der Waals surface area (Å²) in [5.41, 5.74) is 2.06. The molecule has 7 heteroatoms. The lowest BCUT2D eigenvalue weighted by Gasteiger charge is -2.14. The first-order chi connectivity index (χ1) is 16.1. The Morgan fingerprint density at radius 2 is 1.73 bits per heavy atom. The number of benzene rings is 3. The molecular formula is C26H22N2O5. The zero-order valence-electron chi connectivity index (χ0n) is 18.0. The average Bonchev–Trinajstić information content (AvgIpc) is 3.32. The van der Waals surface area contributed by atoms with E-state index in [2.05, 4.69) is 4.99 Å². The van der Waals surface area contributed by atoms with Gasteiger partial charge in [0.15, 0.2) is 11.5 Å². The van der Waals surface area contributed by atoms with Crippen molar-refractivity contribution in [2.24, 2.45) is 4.99 Å². The lowest BCUT2D eigenvalue weighted by atomic mass is 10.1. The molecule has 0 fully saturated rings. The molecule has 0 amide bonds. The van der Waals surface area contributed by atoms with E-state index in [0.717, 1.165) is 22.6 Å². The molecule has 0 spiro atoms. The number of rotatable bonds is 6. The summed E-state index contributed by atoms with van der Waals surface area (Å²) in [6.45, 7) is 0.835. The van der Waals surface area contributed by atoms with Crippen molar-refractivity contribution >= 4 is 17.0 Å². The zero-order chi connectivity index (χ0) is 22.8. The number of methoxy groups -OCH3 is 1. The SMILES string of the molecule is COc1ccc(Cn2c(O)c(C=NCc3ccc4c(c3)OCO4)c3ccccc3c2=O)cc1. The van der Waals surface area contributed by atoms with Crippen molar-refractivity contribution in [3.05, 3.63) is 93.8 Å². The van der Waals surface area contributed by atoms with Crippen molar-refractivity contribution < 1.29 is 19.3 Å². The maximum atomic E-state index is 13.1. The summed E-state index contributed by atoms with van der Waals surface area (Å²) in [4.78, 5) is 17.7. The van der Waals surface area contributed by atoms with E-state index < -0.39 is 0 Å². The van der Waals surface area contributed by atoms with Gasteiger partial charge in [0.2, 0.25) is 12.7 Å². The highest BCUT2D eigenvalue weighted by molar-refractivity contribution is 6.01. The number of hydrogen-bond acceptors (Lipinski definition) is 6. The molecule has 0 bridgehead atoms. The number of hydrogen-bond donors (Lipinski definition) is 1. The van der Waals surface area contributed by atoms with Crippen molar-refractivity contribution in [1.29, 1.82) is 0 Å². The fourth-order valence-electron chi connectivity index (χ4n) is 3.88. The highest BCUT2D eigenvalue weighted by Gasteiger charge is 2.16. The molecular weight excluding hydrogens is 420 g/mol. The van der Waals surface area contributed by atoms with Gasteiger partial charge in [-0.1, -0.05) is 36.4 Å². The van der Waals surface area contributed by atoms with Gasteiger partial charge in [-0.15, -0.1) is 0 Å². The molecule has 0 saturated carbocycles. The van der Waals surface area contributed by atoms with Gasteiger partial charge in [0.05, 0.1) is 25.8 Å². The molecule has 1 aliphatic heterocycles. The van der Waals surface area contributed by atoms with Crippen LogP contribution in [0.25, 0.3) is 10.8 Å². The molecule has 166 valence electrons. The summed E-state index contributed by atoms with van der Waals surface area (Å²) in [6, 6.07) is 20.3. The summed E-state index contributed by atoms with van der Waals surface area (Å²) in [5.74, 6) is 2.02. The minimum atomic E-state index is -0.258. The number of ether oxygens (including phenoxy) is 3. The highest BCUT2D eigenvalue weighted by atomic mass is 16.7. The Morgan fingerprint density at radius 3 is 2.52 bits per heavy atom. The zero-order valence-corrected chi connectivity index (χ0v) is 18.0. The second kappa shape index (κ2) is 8.70. The average molecular weight is 442 g/mol. The third kappa shape index (κ3) is 4.01.